The molecule has 0 aliphatic rings. The number of hydrogen-bond acceptors (Lipinski definition) is 3. The van der Waals surface area contributed by atoms with Crippen molar-refractivity contribution in [1.29, 1.82) is 0 Å². The molecule has 20 heavy (non-hydrogen) atoms. The van der Waals surface area contributed by atoms with E-state index in [1.807, 2.05) is 58.9 Å². The van der Waals surface area contributed by atoms with Crippen LogP contribution in [-0.4, -0.2) is 16.7 Å². The smallest absolute Gasteiger partial charge is 0.407 e. The van der Waals surface area contributed by atoms with Gasteiger partial charge in [0.2, 0.25) is 0 Å². The van der Waals surface area contributed by atoms with Gasteiger partial charge in [0.05, 0.1) is 0 Å². The van der Waals surface area contributed by atoms with E-state index in [1.54, 1.807) is 0 Å². The van der Waals surface area contributed by atoms with E-state index in [9.17, 15) is 4.79 Å². The molecule has 0 saturated heterocycles. The SMILES string of the molecule is CC.CC(C)(C)OC(=O)NCc1ccc(C(N)=S)cc1. The Kier molecular flexibility index (Phi) is 7.84. The highest BCUT2D eigenvalue weighted by Gasteiger charge is 2.15. The molecule has 5 heteroatoms. The van der Waals surface area contributed by atoms with Crippen LogP contribution < -0.4 is 11.1 Å². The summed E-state index contributed by atoms with van der Waals surface area (Å²) < 4.78 is 5.13. The molecular weight excluding hydrogens is 272 g/mol. The lowest BCUT2D eigenvalue weighted by Gasteiger charge is -2.19. The van der Waals surface area contributed by atoms with E-state index in [1.165, 1.54) is 0 Å². The van der Waals surface area contributed by atoms with Crippen LogP contribution in [0, 0.1) is 0 Å². The van der Waals surface area contributed by atoms with Gasteiger partial charge < -0.3 is 15.8 Å². The summed E-state index contributed by atoms with van der Waals surface area (Å²) >= 11 is 4.86. The van der Waals surface area contributed by atoms with Crippen LogP contribution in [0.25, 0.3) is 0 Å². The molecule has 1 aromatic carbocycles. The Hall–Kier alpha value is -1.62. The quantitative estimate of drug-likeness (QED) is 0.839. The lowest BCUT2D eigenvalue weighted by molar-refractivity contribution is 0.0523. The summed E-state index contributed by atoms with van der Waals surface area (Å²) in [5, 5.41) is 2.68. The predicted octanol–water partition coefficient (Wildman–Crippen LogP) is 3.37. The minimum Gasteiger partial charge on any atom is -0.444 e. The molecule has 0 saturated carbocycles. The van der Waals surface area contributed by atoms with E-state index in [0.29, 0.717) is 11.5 Å². The highest BCUT2D eigenvalue weighted by molar-refractivity contribution is 7.80. The molecule has 0 fully saturated rings. The molecule has 3 N–H and O–H groups in total. The second-order valence-corrected chi connectivity index (χ2v) is 5.36. The van der Waals surface area contributed by atoms with Crippen LogP contribution in [0.2, 0.25) is 0 Å². The maximum atomic E-state index is 11.4. The fourth-order valence-corrected chi connectivity index (χ4v) is 1.41. The Morgan fingerprint density at radius 3 is 2.15 bits per heavy atom. The molecule has 4 nitrogen and oxygen atoms in total. The first-order valence-electron chi connectivity index (χ1n) is 6.63. The Bertz CT molecular complexity index is 436. The van der Waals surface area contributed by atoms with Gasteiger partial charge in [-0.25, -0.2) is 4.79 Å². The lowest BCUT2D eigenvalue weighted by atomic mass is 10.1. The summed E-state index contributed by atoms with van der Waals surface area (Å²) in [7, 11) is 0. The van der Waals surface area contributed by atoms with Crippen molar-refractivity contribution >= 4 is 23.3 Å². The summed E-state index contributed by atoms with van der Waals surface area (Å²) in [4.78, 5) is 11.8. The number of ether oxygens (including phenoxy) is 1. The fraction of sp³-hybridized carbons (Fsp3) is 0.467. The Balaban J connectivity index is 0.00000172. The van der Waals surface area contributed by atoms with Gasteiger partial charge >= 0.3 is 6.09 Å². The molecule has 0 heterocycles. The Labute approximate surface area is 126 Å². The zero-order chi connectivity index (χ0) is 15.8. The molecule has 112 valence electrons. The van der Waals surface area contributed by atoms with Crippen molar-refractivity contribution in [2.75, 3.05) is 0 Å². The van der Waals surface area contributed by atoms with Gasteiger partial charge in [0.25, 0.3) is 0 Å². The molecule has 0 radical (unpaired) electrons. The highest BCUT2D eigenvalue weighted by Crippen LogP contribution is 2.08. The molecule has 1 aromatic rings. The van der Waals surface area contributed by atoms with Gasteiger partial charge in [-0.05, 0) is 26.3 Å². The standard InChI is InChI=1S/C13H18N2O2S.C2H6/c1-13(2,3)17-12(16)15-8-9-4-6-10(7-5-9)11(14)18;1-2/h4-7H,8H2,1-3H3,(H2,14,18)(H,15,16);1-2H3. The third-order valence-corrected chi connectivity index (χ3v) is 2.31. The van der Waals surface area contributed by atoms with Gasteiger partial charge in [-0.15, -0.1) is 0 Å². The average molecular weight is 296 g/mol. The molecule has 0 unspecified atom stereocenters. The summed E-state index contributed by atoms with van der Waals surface area (Å²) in [5.74, 6) is 0. The molecular formula is C15H24N2O2S. The monoisotopic (exact) mass is 296 g/mol. The van der Waals surface area contributed by atoms with Gasteiger partial charge in [0.1, 0.15) is 10.6 Å². The number of rotatable bonds is 3. The third kappa shape index (κ3) is 7.74. The number of carbonyl (C=O) groups excluding carboxylic acids is 1. The van der Waals surface area contributed by atoms with Crippen LogP contribution in [0.5, 0.6) is 0 Å². The molecule has 1 amide bonds. The molecule has 0 aliphatic carbocycles. The molecule has 0 spiro atoms. The number of alkyl carbamates (subject to hydrolysis) is 1. The maximum Gasteiger partial charge on any atom is 0.407 e. The summed E-state index contributed by atoms with van der Waals surface area (Å²) in [6, 6.07) is 7.39. The second kappa shape index (κ2) is 8.53. The number of nitrogens with one attached hydrogen (secondary N) is 1. The Morgan fingerprint density at radius 2 is 1.75 bits per heavy atom. The van der Waals surface area contributed by atoms with E-state index in [0.717, 1.165) is 11.1 Å². The van der Waals surface area contributed by atoms with Crippen molar-refractivity contribution in [3.8, 4) is 0 Å². The summed E-state index contributed by atoms with van der Waals surface area (Å²) in [6.07, 6.45) is -0.430. The molecule has 0 atom stereocenters. The van der Waals surface area contributed by atoms with Gasteiger partial charge in [0, 0.05) is 12.1 Å². The predicted molar refractivity (Wildman–Crippen MR) is 86.8 cm³/mol. The van der Waals surface area contributed by atoms with Gasteiger partial charge in [-0.1, -0.05) is 50.3 Å². The first-order valence-corrected chi connectivity index (χ1v) is 7.04. The van der Waals surface area contributed by atoms with E-state index < -0.39 is 11.7 Å². The fourth-order valence-electron chi connectivity index (χ4n) is 1.28. The Morgan fingerprint density at radius 1 is 1.25 bits per heavy atom. The third-order valence-electron chi connectivity index (χ3n) is 2.07. The lowest BCUT2D eigenvalue weighted by Crippen LogP contribution is -2.32. The van der Waals surface area contributed by atoms with Crippen LogP contribution in [0.4, 0.5) is 4.79 Å². The number of thiocarbonyl (C=S) groups is 1. The van der Waals surface area contributed by atoms with Crippen LogP contribution in [0.1, 0.15) is 45.7 Å². The largest absolute Gasteiger partial charge is 0.444 e. The van der Waals surface area contributed by atoms with E-state index >= 15 is 0 Å². The maximum absolute atomic E-state index is 11.4. The highest BCUT2D eigenvalue weighted by atomic mass is 32.1. The molecule has 0 aromatic heterocycles. The van der Waals surface area contributed by atoms with E-state index in [-0.39, 0.29) is 0 Å². The van der Waals surface area contributed by atoms with Crippen molar-refractivity contribution in [3.05, 3.63) is 35.4 Å². The zero-order valence-corrected chi connectivity index (χ0v) is 13.6. The number of benzene rings is 1. The minimum atomic E-state index is -0.486. The van der Waals surface area contributed by atoms with Crippen molar-refractivity contribution in [3.63, 3.8) is 0 Å². The van der Waals surface area contributed by atoms with Gasteiger partial charge in [-0.2, -0.15) is 0 Å². The average Bonchev–Trinajstić information content (AvgIpc) is 2.37. The van der Waals surface area contributed by atoms with Crippen molar-refractivity contribution in [2.45, 2.75) is 46.8 Å². The van der Waals surface area contributed by atoms with Crippen molar-refractivity contribution in [1.82, 2.24) is 5.32 Å². The van der Waals surface area contributed by atoms with Gasteiger partial charge in [0.15, 0.2) is 0 Å². The first kappa shape index (κ1) is 18.4. The molecule has 0 bridgehead atoms. The van der Waals surface area contributed by atoms with Crippen LogP contribution in [0.3, 0.4) is 0 Å². The summed E-state index contributed by atoms with van der Waals surface area (Å²) in [6.45, 7) is 9.88. The van der Waals surface area contributed by atoms with Crippen molar-refractivity contribution < 1.29 is 9.53 Å². The van der Waals surface area contributed by atoms with Crippen LogP contribution >= 0.6 is 12.2 Å². The van der Waals surface area contributed by atoms with E-state index in [4.69, 9.17) is 22.7 Å². The number of nitrogens with two attached hydrogens (primary N) is 1. The first-order chi connectivity index (χ1) is 9.28. The zero-order valence-electron chi connectivity index (χ0n) is 12.8. The van der Waals surface area contributed by atoms with Crippen LogP contribution in [-0.2, 0) is 11.3 Å². The summed E-state index contributed by atoms with van der Waals surface area (Å²) in [5.41, 5.74) is 6.78. The topological polar surface area (TPSA) is 64.3 Å². The number of carbonyl (C=O) groups is 1. The van der Waals surface area contributed by atoms with E-state index in [2.05, 4.69) is 5.32 Å². The number of hydrogen-bond donors (Lipinski definition) is 2. The normalized spacial score (nSPS) is 10.1. The minimum absolute atomic E-state index is 0.363. The molecule has 0 aliphatic heterocycles. The second-order valence-electron chi connectivity index (χ2n) is 4.92. The van der Waals surface area contributed by atoms with Gasteiger partial charge in [-0.3, -0.25) is 0 Å². The molecule has 1 rings (SSSR count). The number of amides is 1. The van der Waals surface area contributed by atoms with Crippen LogP contribution in [0.15, 0.2) is 24.3 Å². The van der Waals surface area contributed by atoms with Crippen molar-refractivity contribution in [2.24, 2.45) is 5.73 Å².